The normalized spacial score (nSPS) is 10.7. The minimum atomic E-state index is -0.848. The summed E-state index contributed by atoms with van der Waals surface area (Å²) in [6, 6.07) is 12.6. The lowest BCUT2D eigenvalue weighted by Crippen LogP contribution is -2.29. The smallest absolute Gasteiger partial charge is 0.258 e. The second kappa shape index (κ2) is 7.99. The van der Waals surface area contributed by atoms with Crippen LogP contribution in [0, 0.1) is 25.5 Å². The van der Waals surface area contributed by atoms with Crippen LogP contribution in [0.4, 0.5) is 8.78 Å². The van der Waals surface area contributed by atoms with E-state index in [1.807, 2.05) is 48.9 Å². The second-order valence-corrected chi connectivity index (χ2v) is 6.04. The molecule has 3 rings (SSSR count). The van der Waals surface area contributed by atoms with Crippen molar-refractivity contribution in [2.24, 2.45) is 0 Å². The monoisotopic (exact) mass is 371 g/mol. The van der Waals surface area contributed by atoms with Gasteiger partial charge in [0.25, 0.3) is 5.91 Å². The van der Waals surface area contributed by atoms with E-state index in [2.05, 4.69) is 10.4 Å². The first-order valence-electron chi connectivity index (χ1n) is 8.41. The van der Waals surface area contributed by atoms with Gasteiger partial charge in [0.1, 0.15) is 5.82 Å². The largest absolute Gasteiger partial charge is 0.481 e. The van der Waals surface area contributed by atoms with Gasteiger partial charge in [-0.25, -0.2) is 13.5 Å². The molecular weight excluding hydrogens is 352 g/mol. The van der Waals surface area contributed by atoms with Gasteiger partial charge in [-0.1, -0.05) is 18.2 Å². The van der Waals surface area contributed by atoms with Crippen LogP contribution in [0.1, 0.15) is 17.0 Å². The predicted octanol–water partition coefficient (Wildman–Crippen LogP) is 3.46. The molecule has 1 aromatic heterocycles. The van der Waals surface area contributed by atoms with Crippen LogP contribution in [0.15, 0.2) is 48.5 Å². The van der Waals surface area contributed by atoms with Crippen molar-refractivity contribution in [3.8, 4) is 11.4 Å². The number of hydrogen-bond acceptors (Lipinski definition) is 3. The number of aryl methyl sites for hydroxylation is 1. The van der Waals surface area contributed by atoms with E-state index in [0.29, 0.717) is 6.07 Å². The van der Waals surface area contributed by atoms with E-state index >= 15 is 0 Å². The Hall–Kier alpha value is -3.22. The van der Waals surface area contributed by atoms with Crippen LogP contribution in [0.25, 0.3) is 5.69 Å². The van der Waals surface area contributed by atoms with E-state index in [-0.39, 0.29) is 18.9 Å². The molecule has 0 aliphatic heterocycles. The van der Waals surface area contributed by atoms with E-state index in [9.17, 15) is 13.6 Å². The van der Waals surface area contributed by atoms with Crippen molar-refractivity contribution in [3.63, 3.8) is 0 Å². The number of aromatic nitrogens is 2. The van der Waals surface area contributed by atoms with E-state index in [0.717, 1.165) is 34.8 Å². The Morgan fingerprint density at radius 3 is 2.59 bits per heavy atom. The highest BCUT2D eigenvalue weighted by molar-refractivity contribution is 5.77. The summed E-state index contributed by atoms with van der Waals surface area (Å²) in [5.74, 6) is -2.13. The minimum Gasteiger partial charge on any atom is -0.481 e. The molecule has 5 nitrogen and oxygen atoms in total. The van der Waals surface area contributed by atoms with Gasteiger partial charge in [-0.15, -0.1) is 0 Å². The van der Waals surface area contributed by atoms with Crippen molar-refractivity contribution in [1.29, 1.82) is 0 Å². The quantitative estimate of drug-likeness (QED) is 0.722. The van der Waals surface area contributed by atoms with Gasteiger partial charge in [-0.05, 0) is 38.1 Å². The van der Waals surface area contributed by atoms with Crippen LogP contribution in [0.5, 0.6) is 5.75 Å². The molecule has 7 heteroatoms. The molecule has 0 fully saturated rings. The van der Waals surface area contributed by atoms with Crippen LogP contribution in [-0.4, -0.2) is 22.3 Å². The lowest BCUT2D eigenvalue weighted by Gasteiger charge is -2.09. The molecule has 1 N–H and O–H groups in total. The standard InChI is InChI=1S/C20H19F2N3O2/c1-13-17(14(2)25(24-13)16-6-4-3-5-7-16)11-23-20(26)12-27-19-9-8-15(21)10-18(19)22/h3-10H,11-12H2,1-2H3,(H,23,26). The lowest BCUT2D eigenvalue weighted by molar-refractivity contribution is -0.123. The summed E-state index contributed by atoms with van der Waals surface area (Å²) < 4.78 is 33.3. The topological polar surface area (TPSA) is 56.2 Å². The van der Waals surface area contributed by atoms with Crippen molar-refractivity contribution >= 4 is 5.91 Å². The fraction of sp³-hybridized carbons (Fsp3) is 0.200. The number of amides is 1. The number of para-hydroxylation sites is 1. The number of ether oxygens (including phenoxy) is 1. The number of carbonyl (C=O) groups excluding carboxylic acids is 1. The Labute approximate surface area is 155 Å². The van der Waals surface area contributed by atoms with E-state index < -0.39 is 17.5 Å². The van der Waals surface area contributed by atoms with Crippen LogP contribution in [-0.2, 0) is 11.3 Å². The van der Waals surface area contributed by atoms with Crippen LogP contribution < -0.4 is 10.1 Å². The highest BCUT2D eigenvalue weighted by Crippen LogP contribution is 2.18. The number of nitrogens with one attached hydrogen (secondary N) is 1. The van der Waals surface area contributed by atoms with Gasteiger partial charge in [-0.3, -0.25) is 4.79 Å². The number of halogens is 2. The maximum absolute atomic E-state index is 13.5. The fourth-order valence-electron chi connectivity index (χ4n) is 2.72. The number of hydrogen-bond donors (Lipinski definition) is 1. The van der Waals surface area contributed by atoms with Gasteiger partial charge < -0.3 is 10.1 Å². The van der Waals surface area contributed by atoms with Gasteiger partial charge in [0, 0.05) is 23.9 Å². The Morgan fingerprint density at radius 1 is 1.15 bits per heavy atom. The Kier molecular flexibility index (Phi) is 5.49. The molecular formula is C20H19F2N3O2. The first-order chi connectivity index (χ1) is 13.0. The molecule has 27 heavy (non-hydrogen) atoms. The summed E-state index contributed by atoms with van der Waals surface area (Å²) in [6.45, 7) is 3.71. The zero-order valence-corrected chi connectivity index (χ0v) is 15.0. The average molecular weight is 371 g/mol. The van der Waals surface area contributed by atoms with Gasteiger partial charge in [0.2, 0.25) is 0 Å². The summed E-state index contributed by atoms with van der Waals surface area (Å²) in [6.07, 6.45) is 0. The van der Waals surface area contributed by atoms with Gasteiger partial charge in [0.15, 0.2) is 18.2 Å². The molecule has 0 unspecified atom stereocenters. The molecule has 3 aromatic rings. The molecule has 140 valence electrons. The molecule has 1 heterocycles. The number of nitrogens with zero attached hydrogens (tertiary/aromatic N) is 2. The lowest BCUT2D eigenvalue weighted by atomic mass is 10.2. The third-order valence-corrected chi connectivity index (χ3v) is 4.16. The van der Waals surface area contributed by atoms with Gasteiger partial charge in [0.05, 0.1) is 11.4 Å². The van der Waals surface area contributed by atoms with Crippen LogP contribution >= 0.6 is 0 Å². The molecule has 0 aliphatic rings. The van der Waals surface area contributed by atoms with Crippen molar-refractivity contribution < 1.29 is 18.3 Å². The Bertz CT molecular complexity index is 955. The zero-order valence-electron chi connectivity index (χ0n) is 15.0. The third-order valence-electron chi connectivity index (χ3n) is 4.16. The minimum absolute atomic E-state index is 0.171. The molecule has 0 saturated carbocycles. The zero-order chi connectivity index (χ0) is 19.4. The molecule has 0 aliphatic carbocycles. The summed E-state index contributed by atoms with van der Waals surface area (Å²) in [5, 5.41) is 7.25. The average Bonchev–Trinajstić information content (AvgIpc) is 2.94. The predicted molar refractivity (Wildman–Crippen MR) is 96.7 cm³/mol. The van der Waals surface area contributed by atoms with E-state index in [1.54, 1.807) is 0 Å². The summed E-state index contributed by atoms with van der Waals surface area (Å²) in [7, 11) is 0. The van der Waals surface area contributed by atoms with E-state index in [4.69, 9.17) is 4.74 Å². The Balaban J connectivity index is 1.61. The molecule has 0 atom stereocenters. The van der Waals surface area contributed by atoms with Crippen molar-refractivity contribution in [3.05, 3.63) is 77.1 Å². The first-order valence-corrected chi connectivity index (χ1v) is 8.41. The summed E-state index contributed by atoms with van der Waals surface area (Å²) >= 11 is 0. The number of carbonyl (C=O) groups is 1. The molecule has 2 aromatic carbocycles. The van der Waals surface area contributed by atoms with Gasteiger partial charge in [-0.2, -0.15) is 5.10 Å². The SMILES string of the molecule is Cc1nn(-c2ccccc2)c(C)c1CNC(=O)COc1ccc(F)cc1F. The first kappa shape index (κ1) is 18.6. The van der Waals surface area contributed by atoms with Crippen molar-refractivity contribution in [1.82, 2.24) is 15.1 Å². The summed E-state index contributed by atoms with van der Waals surface area (Å²) in [5.41, 5.74) is 3.57. The van der Waals surface area contributed by atoms with Crippen molar-refractivity contribution in [2.75, 3.05) is 6.61 Å². The Morgan fingerprint density at radius 2 is 1.89 bits per heavy atom. The maximum atomic E-state index is 13.5. The molecule has 0 saturated heterocycles. The summed E-state index contributed by atoms with van der Waals surface area (Å²) in [4.78, 5) is 12.0. The van der Waals surface area contributed by atoms with Crippen LogP contribution in [0.3, 0.4) is 0 Å². The van der Waals surface area contributed by atoms with E-state index in [1.165, 1.54) is 0 Å². The molecule has 1 amide bonds. The fourth-order valence-corrected chi connectivity index (χ4v) is 2.72. The molecule has 0 spiro atoms. The van der Waals surface area contributed by atoms with Gasteiger partial charge >= 0.3 is 0 Å². The highest BCUT2D eigenvalue weighted by Gasteiger charge is 2.14. The third kappa shape index (κ3) is 4.31. The second-order valence-electron chi connectivity index (χ2n) is 6.04. The molecule has 0 radical (unpaired) electrons. The number of rotatable bonds is 6. The maximum Gasteiger partial charge on any atom is 0.258 e. The molecule has 0 bridgehead atoms. The number of benzene rings is 2. The van der Waals surface area contributed by atoms with Crippen LogP contribution in [0.2, 0.25) is 0 Å². The highest BCUT2D eigenvalue weighted by atomic mass is 19.1. The van der Waals surface area contributed by atoms with Crippen molar-refractivity contribution in [2.45, 2.75) is 20.4 Å².